The zero-order valence-electron chi connectivity index (χ0n) is 10.6. The summed E-state index contributed by atoms with van der Waals surface area (Å²) in [5.74, 6) is 1.05. The molecule has 0 aromatic carbocycles. The summed E-state index contributed by atoms with van der Waals surface area (Å²) in [5.41, 5.74) is 0. The maximum atomic E-state index is 9.19. The minimum Gasteiger partial charge on any atom is -0.306 e. The second kappa shape index (κ2) is 8.03. The third-order valence-corrected chi connectivity index (χ3v) is 2.80. The van der Waals surface area contributed by atoms with E-state index in [1.807, 2.05) is 0 Å². The van der Waals surface area contributed by atoms with Gasteiger partial charge in [-0.25, -0.2) is 0 Å². The Morgan fingerprint density at radius 2 is 1.75 bits per heavy atom. The van der Waals surface area contributed by atoms with Gasteiger partial charge in [0.2, 0.25) is 0 Å². The predicted molar refractivity (Wildman–Crippen MR) is 67.2 cm³/mol. The molecule has 0 atom stereocenters. The average Bonchev–Trinajstić information content (AvgIpc) is 2.14. The summed E-state index contributed by atoms with van der Waals surface area (Å²) < 4.78 is 25.9. The van der Waals surface area contributed by atoms with E-state index >= 15 is 0 Å². The zero-order chi connectivity index (χ0) is 12.6. The highest BCUT2D eigenvalue weighted by molar-refractivity contribution is 7.85. The Hall–Kier alpha value is -0.130. The van der Waals surface area contributed by atoms with Gasteiger partial charge in [0.15, 0.2) is 0 Å². The fraction of sp³-hybridized carbons (Fsp3) is 1.00. The number of piperidine rings is 1. The van der Waals surface area contributed by atoms with Gasteiger partial charge in [0.1, 0.15) is 0 Å². The standard InChI is InChI=1S/C10H21N.CH4O3S/c1-3-4-5-10-6-8-11(2)9-7-10;1-5(2,3)4/h10H,3-9H2,1-2H3;1H3,(H,2,3,4). The van der Waals surface area contributed by atoms with E-state index in [0.717, 1.165) is 5.92 Å². The topological polar surface area (TPSA) is 57.6 Å². The summed E-state index contributed by atoms with van der Waals surface area (Å²) in [6, 6.07) is 0. The number of hydrogen-bond donors (Lipinski definition) is 1. The molecule has 0 spiro atoms. The maximum absolute atomic E-state index is 9.19. The fourth-order valence-electron chi connectivity index (χ4n) is 1.84. The monoisotopic (exact) mass is 251 g/mol. The van der Waals surface area contributed by atoms with E-state index in [0.29, 0.717) is 6.26 Å². The van der Waals surface area contributed by atoms with Crippen LogP contribution in [0, 0.1) is 5.92 Å². The van der Waals surface area contributed by atoms with Crippen LogP contribution < -0.4 is 0 Å². The molecule has 1 aliphatic heterocycles. The first-order chi connectivity index (χ1) is 7.33. The van der Waals surface area contributed by atoms with Crippen LogP contribution in [-0.2, 0) is 10.1 Å². The lowest BCUT2D eigenvalue weighted by molar-refractivity contribution is 0.210. The third kappa shape index (κ3) is 11.9. The molecule has 1 fully saturated rings. The van der Waals surface area contributed by atoms with E-state index in [1.165, 1.54) is 45.2 Å². The summed E-state index contributed by atoms with van der Waals surface area (Å²) in [6.45, 7) is 4.94. The lowest BCUT2D eigenvalue weighted by atomic mass is 9.92. The molecule has 0 bridgehead atoms. The summed E-state index contributed by atoms with van der Waals surface area (Å²) in [7, 11) is -1.43. The fourth-order valence-corrected chi connectivity index (χ4v) is 1.84. The van der Waals surface area contributed by atoms with Crippen LogP contribution in [0.3, 0.4) is 0 Å². The van der Waals surface area contributed by atoms with Crippen LogP contribution in [0.15, 0.2) is 0 Å². The van der Waals surface area contributed by atoms with E-state index in [2.05, 4.69) is 18.9 Å². The Labute approximate surface area is 99.8 Å². The molecular weight excluding hydrogens is 226 g/mol. The first kappa shape index (κ1) is 15.9. The molecule has 0 aromatic heterocycles. The molecule has 4 nitrogen and oxygen atoms in total. The molecule has 1 N–H and O–H groups in total. The van der Waals surface area contributed by atoms with Crippen molar-refractivity contribution in [2.75, 3.05) is 26.4 Å². The Kier molecular flexibility index (Phi) is 7.97. The van der Waals surface area contributed by atoms with E-state index in [-0.39, 0.29) is 0 Å². The molecule has 1 aliphatic rings. The van der Waals surface area contributed by atoms with Gasteiger partial charge in [-0.1, -0.05) is 26.2 Å². The van der Waals surface area contributed by atoms with Crippen LogP contribution in [0.25, 0.3) is 0 Å². The average molecular weight is 251 g/mol. The van der Waals surface area contributed by atoms with Crippen molar-refractivity contribution in [3.8, 4) is 0 Å². The van der Waals surface area contributed by atoms with Gasteiger partial charge in [-0.15, -0.1) is 0 Å². The van der Waals surface area contributed by atoms with Crippen LogP contribution in [0.1, 0.15) is 39.0 Å². The van der Waals surface area contributed by atoms with E-state index in [1.54, 1.807) is 0 Å². The minimum atomic E-state index is -3.67. The van der Waals surface area contributed by atoms with Crippen molar-refractivity contribution in [1.82, 2.24) is 4.90 Å². The van der Waals surface area contributed by atoms with E-state index in [9.17, 15) is 8.42 Å². The highest BCUT2D eigenvalue weighted by atomic mass is 32.2. The Morgan fingerprint density at radius 3 is 2.12 bits per heavy atom. The lowest BCUT2D eigenvalue weighted by Gasteiger charge is -2.28. The summed E-state index contributed by atoms with van der Waals surface area (Å²) >= 11 is 0. The smallest absolute Gasteiger partial charge is 0.261 e. The van der Waals surface area contributed by atoms with Crippen molar-refractivity contribution in [3.63, 3.8) is 0 Å². The molecule has 98 valence electrons. The molecule has 0 unspecified atom stereocenters. The van der Waals surface area contributed by atoms with Crippen molar-refractivity contribution in [1.29, 1.82) is 0 Å². The molecule has 5 heteroatoms. The largest absolute Gasteiger partial charge is 0.306 e. The third-order valence-electron chi connectivity index (χ3n) is 2.80. The zero-order valence-corrected chi connectivity index (χ0v) is 11.5. The van der Waals surface area contributed by atoms with Crippen LogP contribution in [0.2, 0.25) is 0 Å². The van der Waals surface area contributed by atoms with Crippen LogP contribution >= 0.6 is 0 Å². The number of likely N-dealkylation sites (tertiary alicyclic amines) is 1. The van der Waals surface area contributed by atoms with Gasteiger partial charge < -0.3 is 4.90 Å². The second-order valence-corrected chi connectivity index (χ2v) is 6.09. The van der Waals surface area contributed by atoms with Gasteiger partial charge in [-0.3, -0.25) is 4.55 Å². The molecular formula is C11H25NO3S. The van der Waals surface area contributed by atoms with Gasteiger partial charge >= 0.3 is 0 Å². The normalized spacial score (nSPS) is 19.0. The predicted octanol–water partition coefficient (Wildman–Crippen LogP) is 2.02. The van der Waals surface area contributed by atoms with Gasteiger partial charge in [0, 0.05) is 0 Å². The van der Waals surface area contributed by atoms with Crippen LogP contribution in [0.5, 0.6) is 0 Å². The summed E-state index contributed by atoms with van der Waals surface area (Å²) in [5, 5.41) is 0. The molecule has 1 rings (SSSR count). The van der Waals surface area contributed by atoms with Crippen molar-refractivity contribution in [3.05, 3.63) is 0 Å². The van der Waals surface area contributed by atoms with Crippen molar-refractivity contribution in [2.45, 2.75) is 39.0 Å². The molecule has 16 heavy (non-hydrogen) atoms. The molecule has 0 aliphatic carbocycles. The summed E-state index contributed by atoms with van der Waals surface area (Å²) in [4.78, 5) is 2.45. The highest BCUT2D eigenvalue weighted by Crippen LogP contribution is 2.21. The minimum absolute atomic E-state index is 0.715. The van der Waals surface area contributed by atoms with E-state index < -0.39 is 10.1 Å². The van der Waals surface area contributed by atoms with Gasteiger partial charge in [-0.05, 0) is 38.9 Å². The Morgan fingerprint density at radius 1 is 1.31 bits per heavy atom. The second-order valence-electron chi connectivity index (χ2n) is 4.62. The maximum Gasteiger partial charge on any atom is 0.261 e. The first-order valence-corrected chi connectivity index (χ1v) is 7.78. The van der Waals surface area contributed by atoms with Crippen LogP contribution in [0.4, 0.5) is 0 Å². The summed E-state index contributed by atoms with van der Waals surface area (Å²) in [6.07, 6.45) is 7.88. The van der Waals surface area contributed by atoms with Crippen molar-refractivity contribution < 1.29 is 13.0 Å². The van der Waals surface area contributed by atoms with E-state index in [4.69, 9.17) is 4.55 Å². The quantitative estimate of drug-likeness (QED) is 0.780. The lowest BCUT2D eigenvalue weighted by Crippen LogP contribution is -2.30. The number of hydrogen-bond acceptors (Lipinski definition) is 3. The first-order valence-electron chi connectivity index (χ1n) is 5.94. The Balaban J connectivity index is 0.000000385. The molecule has 0 amide bonds. The molecule has 1 saturated heterocycles. The number of unbranched alkanes of at least 4 members (excludes halogenated alkanes) is 1. The van der Waals surface area contributed by atoms with Gasteiger partial charge in [0.25, 0.3) is 10.1 Å². The van der Waals surface area contributed by atoms with Gasteiger partial charge in [-0.2, -0.15) is 8.42 Å². The van der Waals surface area contributed by atoms with Crippen LogP contribution in [-0.4, -0.2) is 44.3 Å². The number of nitrogens with zero attached hydrogens (tertiary/aromatic N) is 1. The molecule has 0 aromatic rings. The Bertz CT molecular complexity index is 246. The SMILES string of the molecule is CCCCC1CCN(C)CC1.CS(=O)(=O)O. The van der Waals surface area contributed by atoms with Crippen molar-refractivity contribution >= 4 is 10.1 Å². The molecule has 0 radical (unpaired) electrons. The van der Waals surface area contributed by atoms with Gasteiger partial charge in [0.05, 0.1) is 6.26 Å². The number of rotatable bonds is 3. The molecule has 0 saturated carbocycles. The molecule has 1 heterocycles. The highest BCUT2D eigenvalue weighted by Gasteiger charge is 2.15. The van der Waals surface area contributed by atoms with Crippen molar-refractivity contribution in [2.24, 2.45) is 5.92 Å².